The van der Waals surface area contributed by atoms with Crippen LogP contribution in [0.4, 0.5) is 0 Å². The SMILES string of the molecule is CN(CCO)C(=O)c1cc(C2CN(C(=O)c3cnn(C)c3)CCO2)nc2ccccc12. The Morgan fingerprint density at radius 3 is 2.87 bits per heavy atom. The molecule has 0 radical (unpaired) electrons. The zero-order valence-electron chi connectivity index (χ0n) is 17.6. The van der Waals surface area contributed by atoms with Crippen molar-refractivity contribution in [2.75, 3.05) is 39.9 Å². The normalized spacial score (nSPS) is 16.5. The second kappa shape index (κ2) is 8.83. The number of ether oxygens (including phenoxy) is 1. The van der Waals surface area contributed by atoms with Crippen LogP contribution in [0, 0.1) is 0 Å². The molecule has 1 saturated heterocycles. The quantitative estimate of drug-likeness (QED) is 0.663. The highest BCUT2D eigenvalue weighted by molar-refractivity contribution is 6.06. The van der Waals surface area contributed by atoms with Crippen LogP contribution in [0.25, 0.3) is 10.9 Å². The number of aliphatic hydroxyl groups is 1. The molecule has 1 unspecified atom stereocenters. The van der Waals surface area contributed by atoms with Gasteiger partial charge in [-0.15, -0.1) is 0 Å². The van der Waals surface area contributed by atoms with Gasteiger partial charge in [-0.3, -0.25) is 14.3 Å². The summed E-state index contributed by atoms with van der Waals surface area (Å²) in [5.41, 5.74) is 2.30. The minimum atomic E-state index is -0.450. The Morgan fingerprint density at radius 1 is 1.32 bits per heavy atom. The van der Waals surface area contributed by atoms with E-state index < -0.39 is 6.10 Å². The van der Waals surface area contributed by atoms with Gasteiger partial charge in [0.25, 0.3) is 11.8 Å². The van der Waals surface area contributed by atoms with Crippen molar-refractivity contribution in [2.45, 2.75) is 6.10 Å². The standard InChI is InChI=1S/C22H25N5O4/c1-25(7-9-28)22(30)17-11-19(24-18-6-4-3-5-16(17)18)20-14-27(8-10-31-20)21(29)15-12-23-26(2)13-15/h3-6,11-13,20,28H,7-10,14H2,1-2H3. The molecule has 9 heteroatoms. The third-order valence-electron chi connectivity index (χ3n) is 5.38. The van der Waals surface area contributed by atoms with E-state index in [-0.39, 0.29) is 25.0 Å². The Morgan fingerprint density at radius 2 is 2.13 bits per heavy atom. The number of carbonyl (C=O) groups excluding carboxylic acids is 2. The highest BCUT2D eigenvalue weighted by atomic mass is 16.5. The van der Waals surface area contributed by atoms with Gasteiger partial charge >= 0.3 is 0 Å². The Hall–Kier alpha value is -3.30. The fourth-order valence-corrected chi connectivity index (χ4v) is 3.72. The van der Waals surface area contributed by atoms with E-state index in [1.54, 1.807) is 42.1 Å². The number of aromatic nitrogens is 3. The molecule has 0 saturated carbocycles. The number of carbonyl (C=O) groups is 2. The lowest BCUT2D eigenvalue weighted by atomic mass is 10.0. The van der Waals surface area contributed by atoms with Crippen LogP contribution in [0.5, 0.6) is 0 Å². The van der Waals surface area contributed by atoms with Crippen LogP contribution >= 0.6 is 0 Å². The minimum absolute atomic E-state index is 0.110. The van der Waals surface area contributed by atoms with Gasteiger partial charge in [0.1, 0.15) is 6.10 Å². The van der Waals surface area contributed by atoms with Crippen molar-refractivity contribution in [1.82, 2.24) is 24.6 Å². The van der Waals surface area contributed by atoms with E-state index in [1.165, 1.54) is 4.90 Å². The lowest BCUT2D eigenvalue weighted by Crippen LogP contribution is -2.42. The molecule has 9 nitrogen and oxygen atoms in total. The molecule has 0 aliphatic carbocycles. The molecule has 31 heavy (non-hydrogen) atoms. The summed E-state index contributed by atoms with van der Waals surface area (Å²) in [4.78, 5) is 33.8. The third kappa shape index (κ3) is 4.28. The van der Waals surface area contributed by atoms with E-state index in [1.807, 2.05) is 24.3 Å². The van der Waals surface area contributed by atoms with E-state index in [4.69, 9.17) is 9.72 Å². The highest BCUT2D eigenvalue weighted by Gasteiger charge is 2.29. The molecular weight excluding hydrogens is 398 g/mol. The molecule has 1 fully saturated rings. The summed E-state index contributed by atoms with van der Waals surface area (Å²) in [6.07, 6.45) is 2.79. The summed E-state index contributed by atoms with van der Waals surface area (Å²) in [5, 5.41) is 14.0. The molecule has 1 N–H and O–H groups in total. The monoisotopic (exact) mass is 423 g/mol. The van der Waals surface area contributed by atoms with E-state index >= 15 is 0 Å². The number of morpholine rings is 1. The van der Waals surface area contributed by atoms with Crippen molar-refractivity contribution in [2.24, 2.45) is 7.05 Å². The van der Waals surface area contributed by atoms with Crippen LogP contribution in [0.2, 0.25) is 0 Å². The van der Waals surface area contributed by atoms with Crippen LogP contribution in [-0.4, -0.2) is 81.4 Å². The predicted octanol–water partition coefficient (Wildman–Crippen LogP) is 1.25. The first-order valence-electron chi connectivity index (χ1n) is 10.1. The lowest BCUT2D eigenvalue weighted by molar-refractivity contribution is -0.0246. The summed E-state index contributed by atoms with van der Waals surface area (Å²) in [6, 6.07) is 9.17. The first-order chi connectivity index (χ1) is 15.0. The van der Waals surface area contributed by atoms with E-state index in [2.05, 4.69) is 5.10 Å². The third-order valence-corrected chi connectivity index (χ3v) is 5.38. The molecule has 1 aliphatic heterocycles. The molecule has 3 aromatic rings. The van der Waals surface area contributed by atoms with Crippen molar-refractivity contribution in [3.8, 4) is 0 Å². The van der Waals surface area contributed by atoms with Crippen LogP contribution in [0.3, 0.4) is 0 Å². The number of fused-ring (bicyclic) bond motifs is 1. The van der Waals surface area contributed by atoms with Gasteiger partial charge in [-0.25, -0.2) is 4.98 Å². The maximum Gasteiger partial charge on any atom is 0.257 e. The molecule has 0 bridgehead atoms. The van der Waals surface area contributed by atoms with Crippen molar-refractivity contribution >= 4 is 22.7 Å². The molecule has 1 aromatic carbocycles. The van der Waals surface area contributed by atoms with Crippen molar-refractivity contribution < 1.29 is 19.4 Å². The van der Waals surface area contributed by atoms with Gasteiger partial charge in [-0.2, -0.15) is 5.10 Å². The molecule has 162 valence electrons. The van der Waals surface area contributed by atoms with Gasteiger partial charge in [0.2, 0.25) is 0 Å². The number of amides is 2. The number of para-hydroxylation sites is 1. The zero-order valence-corrected chi connectivity index (χ0v) is 17.6. The van der Waals surface area contributed by atoms with Gasteiger partial charge < -0.3 is 19.6 Å². The molecule has 2 aromatic heterocycles. The minimum Gasteiger partial charge on any atom is -0.395 e. The average molecular weight is 423 g/mol. The maximum atomic E-state index is 13.0. The fraction of sp³-hybridized carbons (Fsp3) is 0.364. The van der Waals surface area contributed by atoms with Crippen molar-refractivity contribution in [3.05, 3.63) is 59.5 Å². The molecule has 0 spiro atoms. The van der Waals surface area contributed by atoms with E-state index in [9.17, 15) is 14.7 Å². The Kier molecular flexibility index (Phi) is 5.97. The van der Waals surface area contributed by atoms with Crippen LogP contribution < -0.4 is 0 Å². The van der Waals surface area contributed by atoms with Gasteiger partial charge in [0.05, 0.1) is 48.3 Å². The Balaban J connectivity index is 1.65. The second-order valence-electron chi connectivity index (χ2n) is 7.58. The van der Waals surface area contributed by atoms with Crippen LogP contribution in [0.1, 0.15) is 32.5 Å². The molecule has 2 amide bonds. The Labute approximate surface area is 179 Å². The van der Waals surface area contributed by atoms with Crippen molar-refractivity contribution in [1.29, 1.82) is 0 Å². The molecule has 3 heterocycles. The average Bonchev–Trinajstić information content (AvgIpc) is 3.23. The zero-order chi connectivity index (χ0) is 22.0. The number of aliphatic hydroxyl groups excluding tert-OH is 1. The van der Waals surface area contributed by atoms with Crippen LogP contribution in [-0.2, 0) is 11.8 Å². The lowest BCUT2D eigenvalue weighted by Gasteiger charge is -2.32. The summed E-state index contributed by atoms with van der Waals surface area (Å²) in [5.74, 6) is -0.311. The van der Waals surface area contributed by atoms with Gasteiger partial charge in [-0.05, 0) is 12.1 Å². The first-order valence-corrected chi connectivity index (χ1v) is 10.1. The van der Waals surface area contributed by atoms with Crippen molar-refractivity contribution in [3.63, 3.8) is 0 Å². The van der Waals surface area contributed by atoms with Gasteiger partial charge in [0.15, 0.2) is 0 Å². The number of nitrogens with zero attached hydrogens (tertiary/aromatic N) is 5. The number of likely N-dealkylation sites (N-methyl/N-ethyl adjacent to an activating group) is 1. The predicted molar refractivity (Wildman–Crippen MR) is 114 cm³/mol. The largest absolute Gasteiger partial charge is 0.395 e. The topological polar surface area (TPSA) is 101 Å². The van der Waals surface area contributed by atoms with E-state index in [0.717, 1.165) is 5.39 Å². The number of hydrogen-bond donors (Lipinski definition) is 1. The van der Waals surface area contributed by atoms with Gasteiger partial charge in [0, 0.05) is 38.8 Å². The smallest absolute Gasteiger partial charge is 0.257 e. The van der Waals surface area contributed by atoms with E-state index in [0.29, 0.717) is 42.0 Å². The number of aryl methyl sites for hydroxylation is 1. The second-order valence-corrected chi connectivity index (χ2v) is 7.58. The number of pyridine rings is 1. The summed E-state index contributed by atoms with van der Waals surface area (Å²) in [6.45, 7) is 1.30. The fourth-order valence-electron chi connectivity index (χ4n) is 3.72. The summed E-state index contributed by atoms with van der Waals surface area (Å²) >= 11 is 0. The maximum absolute atomic E-state index is 13.0. The molecule has 1 aliphatic rings. The number of hydrogen-bond acceptors (Lipinski definition) is 6. The number of rotatable bonds is 5. The highest BCUT2D eigenvalue weighted by Crippen LogP contribution is 2.27. The first kappa shape index (κ1) is 21.0. The molecule has 1 atom stereocenters. The number of benzene rings is 1. The molecular formula is C22H25N5O4. The van der Waals surface area contributed by atoms with Crippen LogP contribution in [0.15, 0.2) is 42.7 Å². The molecule has 4 rings (SSSR count). The Bertz CT molecular complexity index is 1110. The van der Waals surface area contributed by atoms with Gasteiger partial charge in [-0.1, -0.05) is 18.2 Å². The summed E-state index contributed by atoms with van der Waals surface area (Å²) < 4.78 is 7.53. The summed E-state index contributed by atoms with van der Waals surface area (Å²) in [7, 11) is 3.42.